The minimum Gasteiger partial charge on any atom is -0.474 e. The van der Waals surface area contributed by atoms with E-state index in [-0.39, 0.29) is 10.9 Å². The van der Waals surface area contributed by atoms with Gasteiger partial charge in [0, 0.05) is 5.75 Å². The number of halogens is 2. The summed E-state index contributed by atoms with van der Waals surface area (Å²) in [5.74, 6) is 0.616. The summed E-state index contributed by atoms with van der Waals surface area (Å²) in [5.41, 5.74) is 1.08. The van der Waals surface area contributed by atoms with Crippen LogP contribution in [0.2, 0.25) is 10.0 Å². The van der Waals surface area contributed by atoms with Crippen LogP contribution in [-0.4, -0.2) is 21.6 Å². The highest BCUT2D eigenvalue weighted by Gasteiger charge is 2.95. The van der Waals surface area contributed by atoms with Gasteiger partial charge in [-0.2, -0.15) is 0 Å². The van der Waals surface area contributed by atoms with Crippen LogP contribution < -0.4 is 0 Å². The van der Waals surface area contributed by atoms with Crippen LogP contribution in [0.5, 0.6) is 0 Å². The Labute approximate surface area is 127 Å². The molecule has 1 saturated carbocycles. The highest BCUT2D eigenvalue weighted by Crippen LogP contribution is 2.76. The molecule has 2 bridgehead atoms. The Balaban J connectivity index is 1.52. The zero-order valence-electron chi connectivity index (χ0n) is 9.60. The number of allylic oxidation sites excluding steroid dienone is 1. The van der Waals surface area contributed by atoms with Crippen molar-refractivity contribution in [1.82, 2.24) is 0 Å². The molecule has 5 rings (SSSR count). The average Bonchev–Trinajstić information content (AvgIpc) is 3.19. The molecule has 6 heteroatoms. The number of aliphatic carboxylic acids is 1. The van der Waals surface area contributed by atoms with Gasteiger partial charge in [-0.05, 0) is 17.7 Å². The first-order chi connectivity index (χ1) is 9.09. The van der Waals surface area contributed by atoms with Gasteiger partial charge < -0.3 is 5.11 Å². The first kappa shape index (κ1) is 12.5. The first-order valence-corrected chi connectivity index (χ1v) is 8.95. The third-order valence-electron chi connectivity index (χ3n) is 3.74. The Bertz CT molecular complexity index is 634. The van der Waals surface area contributed by atoms with E-state index in [1.165, 1.54) is 0 Å². The summed E-state index contributed by atoms with van der Waals surface area (Å²) in [4.78, 5) is 13.1. The van der Waals surface area contributed by atoms with E-state index in [9.17, 15) is 9.90 Å². The van der Waals surface area contributed by atoms with E-state index in [0.29, 0.717) is 31.4 Å². The van der Waals surface area contributed by atoms with Crippen LogP contribution in [0.3, 0.4) is 0 Å². The summed E-state index contributed by atoms with van der Waals surface area (Å²) in [6, 6.07) is 5.58. The second-order valence-electron chi connectivity index (χ2n) is 4.86. The molecular formula is C13H9Cl2O2S2+. The molecular weight excluding hydrogens is 323 g/mol. The Morgan fingerprint density at radius 1 is 1.32 bits per heavy atom. The third-order valence-corrected chi connectivity index (χ3v) is 8.77. The lowest BCUT2D eigenvalue weighted by Crippen LogP contribution is -2.03. The lowest BCUT2D eigenvalue weighted by atomic mass is 10.2. The summed E-state index contributed by atoms with van der Waals surface area (Å²) in [5, 5.41) is 11.8. The normalized spacial score (nSPS) is 33.4. The van der Waals surface area contributed by atoms with Crippen molar-refractivity contribution in [2.45, 2.75) is 16.3 Å². The molecule has 0 amide bonds. The van der Waals surface area contributed by atoms with Crippen LogP contribution in [0, 0.1) is 5.92 Å². The van der Waals surface area contributed by atoms with E-state index in [1.54, 1.807) is 17.8 Å². The fraction of sp³-hybridized carbons (Fsp3) is 0.308. The average molecular weight is 332 g/mol. The molecule has 1 aromatic carbocycles. The van der Waals surface area contributed by atoms with E-state index in [0.717, 1.165) is 16.2 Å². The smallest absolute Gasteiger partial charge is 0.385 e. The maximum atomic E-state index is 11.3. The van der Waals surface area contributed by atoms with Gasteiger partial charge in [0.25, 0.3) is 4.91 Å². The predicted molar refractivity (Wildman–Crippen MR) is 80.8 cm³/mol. The van der Waals surface area contributed by atoms with Gasteiger partial charge in [0.1, 0.15) is 5.92 Å². The number of carbonyl (C=O) groups is 1. The Morgan fingerprint density at radius 3 is 2.68 bits per heavy atom. The summed E-state index contributed by atoms with van der Waals surface area (Å²) < 4.78 is 0. The van der Waals surface area contributed by atoms with Crippen LogP contribution in [-0.2, 0) is 21.4 Å². The van der Waals surface area contributed by atoms with Crippen LogP contribution in [0.25, 0.3) is 0 Å². The second-order valence-corrected chi connectivity index (χ2v) is 8.93. The topological polar surface area (TPSA) is 37.3 Å². The van der Waals surface area contributed by atoms with Crippen LogP contribution >= 0.6 is 35.0 Å². The summed E-state index contributed by atoms with van der Waals surface area (Å²) in [6.07, 6.45) is 0. The van der Waals surface area contributed by atoms with E-state index in [4.69, 9.17) is 23.2 Å². The molecule has 0 aromatic heterocycles. The van der Waals surface area contributed by atoms with Gasteiger partial charge in [-0.25, -0.2) is 4.79 Å². The largest absolute Gasteiger partial charge is 0.474 e. The maximum absolute atomic E-state index is 11.3. The standard InChI is InChI=1S/C13H8Cl2O2S2/c14-6-2-1-5(3-7(6)15)4-18-9-8-10-11(8)19(10)12(9)13(16)17/h1-3,8,10-11H,4H2/p+1/t8?,10-,11+,19?. The predicted octanol–water partition coefficient (Wildman–Crippen LogP) is 3.54. The minimum absolute atomic E-state index is 0.102. The molecule has 1 saturated heterocycles. The number of hydrogen-bond donors (Lipinski definition) is 1. The summed E-state index contributed by atoms with van der Waals surface area (Å²) in [6.45, 7) is 0. The number of benzene rings is 1. The number of thioether (sulfide) groups is 1. The molecule has 4 aliphatic rings. The fourth-order valence-electron chi connectivity index (χ4n) is 2.72. The molecule has 1 aliphatic carbocycles. The van der Waals surface area contributed by atoms with E-state index >= 15 is 0 Å². The van der Waals surface area contributed by atoms with E-state index < -0.39 is 5.97 Å². The molecule has 1 N–H and O–H groups in total. The fourth-order valence-corrected chi connectivity index (χ4v) is 7.78. The number of hydrogen-bond acceptors (Lipinski definition) is 2. The van der Waals surface area contributed by atoms with Crippen molar-refractivity contribution >= 4 is 51.8 Å². The summed E-state index contributed by atoms with van der Waals surface area (Å²) in [7, 11) is 0.102. The van der Waals surface area contributed by atoms with Crippen molar-refractivity contribution in [3.8, 4) is 0 Å². The van der Waals surface area contributed by atoms with Gasteiger partial charge in [0.2, 0.25) is 0 Å². The quantitative estimate of drug-likeness (QED) is 0.677. The molecule has 2 nitrogen and oxygen atoms in total. The van der Waals surface area contributed by atoms with E-state index in [2.05, 4.69) is 0 Å². The molecule has 19 heavy (non-hydrogen) atoms. The SMILES string of the molecule is O=C(O)C1=C(SCc2ccc(Cl)c(Cl)c2)C2[C@@H]3[C@H]2[S+]13. The molecule has 98 valence electrons. The van der Waals surface area contributed by atoms with E-state index in [1.807, 2.05) is 12.1 Å². The van der Waals surface area contributed by atoms with Crippen molar-refractivity contribution in [1.29, 1.82) is 0 Å². The molecule has 2 unspecified atom stereocenters. The zero-order chi connectivity index (χ0) is 13.3. The highest BCUT2D eigenvalue weighted by molar-refractivity contribution is 8.14. The van der Waals surface area contributed by atoms with Crippen LogP contribution in [0.15, 0.2) is 28.0 Å². The highest BCUT2D eigenvalue weighted by atomic mass is 35.5. The van der Waals surface area contributed by atoms with Crippen molar-refractivity contribution < 1.29 is 9.90 Å². The van der Waals surface area contributed by atoms with Gasteiger partial charge in [-0.15, -0.1) is 11.8 Å². The number of carboxylic acid groups (broad SMARTS) is 1. The van der Waals surface area contributed by atoms with Crippen LogP contribution in [0.4, 0.5) is 0 Å². The van der Waals surface area contributed by atoms with Crippen molar-refractivity contribution in [3.05, 3.63) is 43.6 Å². The minimum atomic E-state index is -0.715. The Morgan fingerprint density at radius 2 is 2.05 bits per heavy atom. The maximum Gasteiger partial charge on any atom is 0.385 e. The van der Waals surface area contributed by atoms with Gasteiger partial charge in [-0.3, -0.25) is 0 Å². The first-order valence-electron chi connectivity index (χ1n) is 5.85. The lowest BCUT2D eigenvalue weighted by molar-refractivity contribution is -0.131. The molecule has 2 fully saturated rings. The van der Waals surface area contributed by atoms with Gasteiger partial charge in [0.05, 0.1) is 25.8 Å². The molecule has 4 atom stereocenters. The van der Waals surface area contributed by atoms with Gasteiger partial charge in [0.15, 0.2) is 10.5 Å². The van der Waals surface area contributed by atoms with Gasteiger partial charge >= 0.3 is 5.97 Å². The number of rotatable bonds is 4. The molecule has 1 aromatic rings. The van der Waals surface area contributed by atoms with Gasteiger partial charge in [-0.1, -0.05) is 29.3 Å². The Kier molecular flexibility index (Phi) is 2.69. The Hall–Kier alpha value is -0.290. The molecule has 0 spiro atoms. The number of carboxylic acids is 1. The monoisotopic (exact) mass is 331 g/mol. The van der Waals surface area contributed by atoms with Crippen molar-refractivity contribution in [2.75, 3.05) is 0 Å². The summed E-state index contributed by atoms with van der Waals surface area (Å²) >= 11 is 13.5. The lowest BCUT2D eigenvalue weighted by Gasteiger charge is -2.03. The zero-order valence-corrected chi connectivity index (χ0v) is 12.7. The molecule has 3 heterocycles. The van der Waals surface area contributed by atoms with Crippen molar-refractivity contribution in [2.24, 2.45) is 5.92 Å². The molecule has 0 radical (unpaired) electrons. The third kappa shape index (κ3) is 1.77. The van der Waals surface area contributed by atoms with Crippen LogP contribution in [0.1, 0.15) is 5.56 Å². The van der Waals surface area contributed by atoms with Crippen molar-refractivity contribution in [3.63, 3.8) is 0 Å². The molecule has 3 aliphatic heterocycles. The second kappa shape index (κ2) is 4.10.